The molecule has 0 amide bonds. The molecule has 0 radical (unpaired) electrons. The number of fused-ring (bicyclic) bond motifs is 2. The van der Waals surface area contributed by atoms with Crippen molar-refractivity contribution in [1.29, 1.82) is 0 Å². The van der Waals surface area contributed by atoms with Gasteiger partial charge in [0.25, 0.3) is 0 Å². The third-order valence-electron chi connectivity index (χ3n) is 9.50. The zero-order valence-electron chi connectivity index (χ0n) is 24.3. The van der Waals surface area contributed by atoms with Gasteiger partial charge in [-0.05, 0) is 60.5 Å². The number of hydrogen-bond acceptors (Lipinski definition) is 6. The molecule has 8 nitrogen and oxygen atoms in total. The topological polar surface area (TPSA) is 80.1 Å². The highest BCUT2D eigenvalue weighted by Crippen LogP contribution is 2.49. The largest absolute Gasteiger partial charge is 0.478 e. The molecule has 12 heteroatoms. The van der Waals surface area contributed by atoms with E-state index in [4.69, 9.17) is 26.1 Å². The smallest absolute Gasteiger partial charge is 0.335 e. The number of para-hydroxylation sites is 1. The third kappa shape index (κ3) is 5.21. The van der Waals surface area contributed by atoms with Crippen molar-refractivity contribution in [2.45, 2.75) is 36.4 Å². The number of carboxylic acids is 1. The summed E-state index contributed by atoms with van der Waals surface area (Å²) in [5.41, 5.74) is 4.27. The molecular formula is C33H31ClF2N4O4Si. The predicted molar refractivity (Wildman–Crippen MR) is 170 cm³/mol. The summed E-state index contributed by atoms with van der Waals surface area (Å²) in [6.07, 6.45) is 1.81. The van der Waals surface area contributed by atoms with Crippen molar-refractivity contribution >= 4 is 49.6 Å². The molecule has 3 unspecified atom stereocenters. The monoisotopic (exact) mass is 648 g/mol. The van der Waals surface area contributed by atoms with Gasteiger partial charge in [-0.25, -0.2) is 18.6 Å². The van der Waals surface area contributed by atoms with Crippen LogP contribution in [-0.2, 0) is 11.3 Å². The summed E-state index contributed by atoms with van der Waals surface area (Å²) >= 11 is 5.94. The Kier molecular flexibility index (Phi) is 7.16. The first-order valence-electron chi connectivity index (χ1n) is 15.3. The summed E-state index contributed by atoms with van der Waals surface area (Å²) in [5.74, 6) is -0.571. The van der Waals surface area contributed by atoms with Gasteiger partial charge in [-0.15, -0.1) is 0 Å². The number of nitrogens with zero attached hydrogens (tertiary/aromatic N) is 4. The molecule has 0 saturated carbocycles. The van der Waals surface area contributed by atoms with Gasteiger partial charge in [-0.2, -0.15) is 0 Å². The highest BCUT2D eigenvalue weighted by Gasteiger charge is 2.49. The van der Waals surface area contributed by atoms with Crippen molar-refractivity contribution < 1.29 is 28.2 Å². The van der Waals surface area contributed by atoms with Crippen molar-refractivity contribution in [3.63, 3.8) is 0 Å². The van der Waals surface area contributed by atoms with E-state index in [-0.39, 0.29) is 16.1 Å². The summed E-state index contributed by atoms with van der Waals surface area (Å²) in [5, 5.41) is 9.90. The van der Waals surface area contributed by atoms with Gasteiger partial charge in [0.2, 0.25) is 0 Å². The third-order valence-corrected chi connectivity index (χ3v) is 12.1. The normalized spacial score (nSPS) is 25.0. The molecule has 0 bridgehead atoms. The zero-order chi connectivity index (χ0) is 30.8. The van der Waals surface area contributed by atoms with Crippen LogP contribution in [0.4, 0.5) is 14.5 Å². The van der Waals surface area contributed by atoms with Crippen LogP contribution < -0.4 is 9.64 Å². The highest BCUT2D eigenvalue weighted by atomic mass is 35.5. The van der Waals surface area contributed by atoms with E-state index in [0.29, 0.717) is 48.3 Å². The molecule has 1 aromatic heterocycles. The number of anilines is 1. The molecule has 3 fully saturated rings. The second-order valence-corrected chi connectivity index (χ2v) is 14.9. The van der Waals surface area contributed by atoms with Crippen LogP contribution in [0.2, 0.25) is 10.6 Å². The molecular weight excluding hydrogens is 618 g/mol. The molecule has 3 saturated heterocycles. The predicted octanol–water partition coefficient (Wildman–Crippen LogP) is 5.55. The van der Waals surface area contributed by atoms with E-state index in [0.717, 1.165) is 48.7 Å². The fraction of sp³-hybridized carbons (Fsp3) is 0.333. The zero-order valence-corrected chi connectivity index (χ0v) is 26.5. The maximum Gasteiger partial charge on any atom is 0.335 e. The van der Waals surface area contributed by atoms with E-state index in [1.54, 1.807) is 24.3 Å². The van der Waals surface area contributed by atoms with Crippen molar-refractivity contribution in [3.8, 4) is 5.75 Å². The molecule has 5 heterocycles. The summed E-state index contributed by atoms with van der Waals surface area (Å²) in [6, 6.07) is 14.9. The standard InChI is InChI=1S/C33H31ClF2N4O4Si/c34-19-5-6-20(22(35)15-19)28-16-23(36)21-2-1-3-25(30(21)44-28)39-11-9-38(10-12-39)17-29-37-24-7-4-18(33(41)42)14-26(24)40(29)32-31(45-32)27-8-13-43-27/h1-7,14-16,27-28,31-32H,8-13,17,45H2,(H,41,42)/t27?,28?,31?,32-/m1/s1. The van der Waals surface area contributed by atoms with Crippen LogP contribution in [0, 0.1) is 5.82 Å². The number of aromatic carboxylic acids is 1. The Hall–Kier alpha value is -3.77. The van der Waals surface area contributed by atoms with E-state index in [1.165, 1.54) is 18.2 Å². The maximum atomic E-state index is 15.3. The minimum atomic E-state index is -0.943. The number of ether oxygens (including phenoxy) is 2. The molecule has 45 heavy (non-hydrogen) atoms. The molecule has 4 aliphatic rings. The van der Waals surface area contributed by atoms with Crippen LogP contribution >= 0.6 is 11.6 Å². The number of imidazole rings is 1. The number of hydrogen-bond donors (Lipinski definition) is 1. The van der Waals surface area contributed by atoms with Crippen molar-refractivity contribution in [3.05, 3.63) is 94.0 Å². The van der Waals surface area contributed by atoms with E-state index >= 15 is 4.39 Å². The molecule has 4 aromatic rings. The minimum absolute atomic E-state index is 0.225. The summed E-state index contributed by atoms with van der Waals surface area (Å²) in [7, 11) is -0.401. The quantitative estimate of drug-likeness (QED) is 0.263. The second kappa shape index (κ2) is 11.2. The van der Waals surface area contributed by atoms with Gasteiger partial charge in [-0.1, -0.05) is 23.7 Å². The maximum absolute atomic E-state index is 15.3. The Bertz CT molecular complexity index is 1860. The number of piperazine rings is 1. The number of carbonyl (C=O) groups is 1. The van der Waals surface area contributed by atoms with Gasteiger partial charge < -0.3 is 24.0 Å². The lowest BCUT2D eigenvalue weighted by atomic mass is 10.0. The average Bonchev–Trinajstić information content (AvgIpc) is 3.67. The van der Waals surface area contributed by atoms with Gasteiger partial charge in [0, 0.05) is 49.0 Å². The molecule has 232 valence electrons. The number of aromatic nitrogens is 2. The number of benzene rings is 3. The van der Waals surface area contributed by atoms with E-state index in [2.05, 4.69) is 14.4 Å². The first kappa shape index (κ1) is 28.7. The molecule has 4 aliphatic heterocycles. The Morgan fingerprint density at radius 1 is 1.09 bits per heavy atom. The fourth-order valence-corrected chi connectivity index (χ4v) is 9.32. The Labute approximate surface area is 265 Å². The van der Waals surface area contributed by atoms with Crippen LogP contribution in [0.1, 0.15) is 45.5 Å². The Morgan fingerprint density at radius 3 is 2.64 bits per heavy atom. The van der Waals surface area contributed by atoms with Gasteiger partial charge in [0.05, 0.1) is 50.0 Å². The lowest BCUT2D eigenvalue weighted by Crippen LogP contribution is -2.46. The number of rotatable bonds is 7. The SMILES string of the molecule is O=C(O)c1ccc2nc(CN3CCN(c4cccc5c4OC(c4ccc(Cl)cc4F)C=C5F)CC3)n([C@@H]3[SiH2]C3C3CCO3)c2c1. The van der Waals surface area contributed by atoms with Crippen LogP contribution in [0.25, 0.3) is 16.9 Å². The molecule has 8 rings (SSSR count). The first-order chi connectivity index (χ1) is 21.8. The molecule has 3 aromatic carbocycles. The summed E-state index contributed by atoms with van der Waals surface area (Å²) in [4.78, 5) is 21.3. The van der Waals surface area contributed by atoms with Crippen LogP contribution in [0.3, 0.4) is 0 Å². The van der Waals surface area contributed by atoms with Gasteiger partial charge in [0.15, 0.2) is 5.75 Å². The van der Waals surface area contributed by atoms with Crippen molar-refractivity contribution in [2.75, 3.05) is 37.7 Å². The van der Waals surface area contributed by atoms with Gasteiger partial charge >= 0.3 is 5.97 Å². The number of halogens is 3. The second-order valence-electron chi connectivity index (χ2n) is 12.2. The van der Waals surface area contributed by atoms with E-state index in [1.807, 2.05) is 18.2 Å². The molecule has 4 atom stereocenters. The lowest BCUT2D eigenvalue weighted by molar-refractivity contribution is -0.0494. The minimum Gasteiger partial charge on any atom is -0.478 e. The van der Waals surface area contributed by atoms with Gasteiger partial charge in [0.1, 0.15) is 23.6 Å². The average molecular weight is 649 g/mol. The van der Waals surface area contributed by atoms with Crippen LogP contribution in [-0.4, -0.2) is 73.9 Å². The molecule has 0 spiro atoms. The summed E-state index contributed by atoms with van der Waals surface area (Å²) < 4.78 is 44.4. The first-order valence-corrected chi connectivity index (χ1v) is 17.3. The van der Waals surface area contributed by atoms with Crippen LogP contribution in [0.15, 0.2) is 60.7 Å². The Balaban J connectivity index is 1.02. The Morgan fingerprint density at radius 2 is 1.91 bits per heavy atom. The van der Waals surface area contributed by atoms with E-state index in [9.17, 15) is 14.3 Å². The molecule has 1 N–H and O–H groups in total. The number of carboxylic acid groups (broad SMARTS) is 1. The van der Waals surface area contributed by atoms with Gasteiger partial charge in [-0.3, -0.25) is 4.90 Å². The van der Waals surface area contributed by atoms with E-state index < -0.39 is 33.2 Å². The highest BCUT2D eigenvalue weighted by molar-refractivity contribution is 6.53. The fourth-order valence-electron chi connectivity index (χ4n) is 6.95. The molecule has 0 aliphatic carbocycles. The van der Waals surface area contributed by atoms with Crippen molar-refractivity contribution in [1.82, 2.24) is 14.5 Å². The summed E-state index contributed by atoms with van der Waals surface area (Å²) in [6.45, 7) is 4.34. The lowest BCUT2D eigenvalue weighted by Gasteiger charge is -2.37. The van der Waals surface area contributed by atoms with Crippen LogP contribution in [0.5, 0.6) is 5.75 Å². The van der Waals surface area contributed by atoms with Crippen molar-refractivity contribution in [2.24, 2.45) is 0 Å².